The molecule has 8 heteroatoms. The van der Waals surface area contributed by atoms with E-state index in [1.54, 1.807) is 18.3 Å². The van der Waals surface area contributed by atoms with Crippen LogP contribution in [-0.2, 0) is 5.41 Å². The molecule has 144 valence electrons. The van der Waals surface area contributed by atoms with Gasteiger partial charge in [0.2, 0.25) is 0 Å². The molecule has 1 amide bonds. The van der Waals surface area contributed by atoms with Crippen LogP contribution in [0.3, 0.4) is 0 Å². The van der Waals surface area contributed by atoms with Crippen molar-refractivity contribution in [1.82, 2.24) is 20.2 Å². The van der Waals surface area contributed by atoms with Crippen molar-refractivity contribution in [2.24, 2.45) is 0 Å². The normalized spacial score (nSPS) is 11.3. The molecule has 0 aliphatic carbocycles. The number of nitrogens with zero attached hydrogens (tertiary/aromatic N) is 3. The average Bonchev–Trinajstić information content (AvgIpc) is 2.65. The van der Waals surface area contributed by atoms with Crippen LogP contribution in [0.4, 0.5) is 11.4 Å². The second-order valence-corrected chi connectivity index (χ2v) is 7.51. The highest BCUT2D eigenvalue weighted by Gasteiger charge is 2.18. The van der Waals surface area contributed by atoms with E-state index in [0.29, 0.717) is 11.4 Å². The summed E-state index contributed by atoms with van der Waals surface area (Å²) in [6.07, 6.45) is 3.09. The molecule has 0 spiro atoms. The van der Waals surface area contributed by atoms with E-state index < -0.39 is 5.56 Å². The smallest absolute Gasteiger partial charge is 0.287 e. The Morgan fingerprint density at radius 2 is 1.93 bits per heavy atom. The molecule has 0 bridgehead atoms. The maximum Gasteiger partial charge on any atom is 0.287 e. The SMILES string of the molecule is Cc1c(NC(=O)c2cnc(C(C)(C)C)cn2)cccc1-c1cc(N)c(=O)[nH]n1. The van der Waals surface area contributed by atoms with Gasteiger partial charge in [-0.1, -0.05) is 32.9 Å². The average molecular weight is 378 g/mol. The van der Waals surface area contributed by atoms with E-state index in [1.807, 2.05) is 33.8 Å². The quantitative estimate of drug-likeness (QED) is 0.643. The van der Waals surface area contributed by atoms with E-state index in [0.717, 1.165) is 16.8 Å². The van der Waals surface area contributed by atoms with Crippen molar-refractivity contribution < 1.29 is 4.79 Å². The summed E-state index contributed by atoms with van der Waals surface area (Å²) in [6.45, 7) is 7.94. The minimum Gasteiger partial charge on any atom is -0.394 e. The molecule has 2 aromatic heterocycles. The number of aromatic nitrogens is 4. The Balaban J connectivity index is 1.87. The highest BCUT2D eigenvalue weighted by molar-refractivity contribution is 6.03. The Morgan fingerprint density at radius 3 is 2.54 bits per heavy atom. The van der Waals surface area contributed by atoms with Gasteiger partial charge >= 0.3 is 0 Å². The molecule has 0 unspecified atom stereocenters. The van der Waals surface area contributed by atoms with Crippen LogP contribution < -0.4 is 16.6 Å². The molecule has 1 aromatic carbocycles. The van der Waals surface area contributed by atoms with E-state index in [-0.39, 0.29) is 22.7 Å². The molecule has 0 aliphatic rings. The van der Waals surface area contributed by atoms with Crippen molar-refractivity contribution in [1.29, 1.82) is 0 Å². The fourth-order valence-corrected chi connectivity index (χ4v) is 2.63. The highest BCUT2D eigenvalue weighted by atomic mass is 16.2. The van der Waals surface area contributed by atoms with Gasteiger partial charge in [0.25, 0.3) is 11.5 Å². The van der Waals surface area contributed by atoms with Gasteiger partial charge in [-0.2, -0.15) is 5.10 Å². The molecule has 0 aliphatic heterocycles. The lowest BCUT2D eigenvalue weighted by molar-refractivity contribution is 0.102. The van der Waals surface area contributed by atoms with Crippen LogP contribution in [0.5, 0.6) is 0 Å². The van der Waals surface area contributed by atoms with E-state index >= 15 is 0 Å². The number of anilines is 2. The number of aromatic amines is 1. The molecule has 3 rings (SSSR count). The van der Waals surface area contributed by atoms with Crippen LogP contribution in [0, 0.1) is 6.92 Å². The zero-order chi connectivity index (χ0) is 20.5. The third-order valence-corrected chi connectivity index (χ3v) is 4.34. The number of carbonyl (C=O) groups is 1. The Morgan fingerprint density at radius 1 is 1.18 bits per heavy atom. The van der Waals surface area contributed by atoms with Gasteiger partial charge < -0.3 is 11.1 Å². The minimum atomic E-state index is -0.442. The lowest BCUT2D eigenvalue weighted by atomic mass is 9.93. The second-order valence-electron chi connectivity index (χ2n) is 7.51. The number of rotatable bonds is 3. The lowest BCUT2D eigenvalue weighted by Gasteiger charge is -2.17. The number of nitrogen functional groups attached to an aromatic ring is 1. The molecule has 0 fully saturated rings. The van der Waals surface area contributed by atoms with E-state index in [2.05, 4.69) is 25.5 Å². The number of hydrogen-bond acceptors (Lipinski definition) is 6. The van der Waals surface area contributed by atoms with Crippen molar-refractivity contribution >= 4 is 17.3 Å². The molecular weight excluding hydrogens is 356 g/mol. The first kappa shape index (κ1) is 19.2. The van der Waals surface area contributed by atoms with E-state index in [4.69, 9.17) is 5.73 Å². The van der Waals surface area contributed by atoms with Crippen LogP contribution in [0.15, 0.2) is 41.5 Å². The summed E-state index contributed by atoms with van der Waals surface area (Å²) < 4.78 is 0. The minimum absolute atomic E-state index is 0.0769. The summed E-state index contributed by atoms with van der Waals surface area (Å²) in [7, 11) is 0. The van der Waals surface area contributed by atoms with Crippen LogP contribution in [0.2, 0.25) is 0 Å². The topological polar surface area (TPSA) is 127 Å². The molecule has 0 atom stereocenters. The van der Waals surface area contributed by atoms with Crippen LogP contribution in [-0.4, -0.2) is 26.1 Å². The maximum atomic E-state index is 12.6. The summed E-state index contributed by atoms with van der Waals surface area (Å²) in [4.78, 5) is 32.6. The number of H-pyrrole nitrogens is 1. The van der Waals surface area contributed by atoms with Gasteiger partial charge in [-0.15, -0.1) is 0 Å². The number of carbonyl (C=O) groups excluding carboxylic acids is 1. The number of amides is 1. The van der Waals surface area contributed by atoms with Crippen molar-refractivity contribution in [3.63, 3.8) is 0 Å². The summed E-state index contributed by atoms with van der Waals surface area (Å²) in [5, 5.41) is 9.24. The first-order chi connectivity index (χ1) is 13.2. The molecule has 3 aromatic rings. The molecule has 0 saturated heterocycles. The van der Waals surface area contributed by atoms with Gasteiger partial charge in [0, 0.05) is 22.9 Å². The lowest BCUT2D eigenvalue weighted by Crippen LogP contribution is -2.18. The highest BCUT2D eigenvalue weighted by Crippen LogP contribution is 2.27. The summed E-state index contributed by atoms with van der Waals surface area (Å²) in [5.74, 6) is -0.359. The number of nitrogens with one attached hydrogen (secondary N) is 2. The predicted octanol–water partition coefficient (Wildman–Crippen LogP) is 2.67. The van der Waals surface area contributed by atoms with Crippen LogP contribution in [0.1, 0.15) is 42.5 Å². The van der Waals surface area contributed by atoms with Gasteiger partial charge in [-0.05, 0) is 24.6 Å². The Hall–Kier alpha value is -3.55. The first-order valence-electron chi connectivity index (χ1n) is 8.76. The van der Waals surface area contributed by atoms with Crippen molar-refractivity contribution in [2.75, 3.05) is 11.1 Å². The van der Waals surface area contributed by atoms with Gasteiger partial charge in [0.1, 0.15) is 11.4 Å². The van der Waals surface area contributed by atoms with E-state index in [1.165, 1.54) is 12.3 Å². The van der Waals surface area contributed by atoms with Crippen LogP contribution >= 0.6 is 0 Å². The van der Waals surface area contributed by atoms with Crippen molar-refractivity contribution in [3.8, 4) is 11.3 Å². The Labute approximate surface area is 162 Å². The molecule has 4 N–H and O–H groups in total. The van der Waals surface area contributed by atoms with E-state index in [9.17, 15) is 9.59 Å². The van der Waals surface area contributed by atoms with Gasteiger partial charge in [-0.3, -0.25) is 14.6 Å². The van der Waals surface area contributed by atoms with Gasteiger partial charge in [0.05, 0.1) is 17.6 Å². The first-order valence-corrected chi connectivity index (χ1v) is 8.76. The fourth-order valence-electron chi connectivity index (χ4n) is 2.63. The molecular formula is C20H22N6O2. The standard InChI is InChI=1S/C20H22N6O2/c1-11-12(15-8-13(21)18(27)26-25-15)6-5-7-14(11)24-19(28)16-9-23-17(10-22-16)20(2,3)4/h5-10H,1-4H3,(H2,21,25)(H,24,28)(H,26,27). The van der Waals surface area contributed by atoms with Crippen molar-refractivity contribution in [3.05, 3.63) is 64.0 Å². The molecule has 28 heavy (non-hydrogen) atoms. The third-order valence-electron chi connectivity index (χ3n) is 4.34. The zero-order valence-electron chi connectivity index (χ0n) is 16.2. The number of benzene rings is 1. The monoisotopic (exact) mass is 378 g/mol. The third kappa shape index (κ3) is 3.90. The Bertz CT molecular complexity index is 1080. The summed E-state index contributed by atoms with van der Waals surface area (Å²) in [5.41, 5.74) is 8.86. The zero-order valence-corrected chi connectivity index (χ0v) is 16.2. The van der Waals surface area contributed by atoms with Gasteiger partial charge in [-0.25, -0.2) is 10.1 Å². The molecule has 0 saturated carbocycles. The fraction of sp³-hybridized carbons (Fsp3) is 0.250. The molecule has 2 heterocycles. The maximum absolute atomic E-state index is 12.6. The largest absolute Gasteiger partial charge is 0.394 e. The van der Waals surface area contributed by atoms with Crippen molar-refractivity contribution in [2.45, 2.75) is 33.1 Å². The number of hydrogen-bond donors (Lipinski definition) is 3. The molecule has 0 radical (unpaired) electrons. The summed E-state index contributed by atoms with van der Waals surface area (Å²) >= 11 is 0. The predicted molar refractivity (Wildman–Crippen MR) is 108 cm³/mol. The van der Waals surface area contributed by atoms with Crippen LogP contribution in [0.25, 0.3) is 11.3 Å². The number of nitrogens with two attached hydrogens (primary N) is 1. The van der Waals surface area contributed by atoms with Gasteiger partial charge in [0.15, 0.2) is 0 Å². The Kier molecular flexibility index (Phi) is 4.96. The summed E-state index contributed by atoms with van der Waals surface area (Å²) in [6, 6.07) is 6.91. The second kappa shape index (κ2) is 7.22. The molecule has 8 nitrogen and oxygen atoms in total.